The van der Waals surface area contributed by atoms with E-state index in [2.05, 4.69) is 6.92 Å². The first kappa shape index (κ1) is 13.7. The van der Waals surface area contributed by atoms with E-state index < -0.39 is 5.82 Å². The maximum absolute atomic E-state index is 13.6. The van der Waals surface area contributed by atoms with Gasteiger partial charge >= 0.3 is 0 Å². The highest BCUT2D eigenvalue weighted by atomic mass is 19.1. The average molecular weight is 237 g/mol. The van der Waals surface area contributed by atoms with E-state index in [-0.39, 0.29) is 17.5 Å². The van der Waals surface area contributed by atoms with E-state index in [0.717, 1.165) is 18.4 Å². The highest BCUT2D eigenvalue weighted by Gasteiger charge is 2.19. The van der Waals surface area contributed by atoms with Crippen molar-refractivity contribution in [3.63, 3.8) is 0 Å². The molecule has 1 rings (SSSR count). The van der Waals surface area contributed by atoms with E-state index in [9.17, 15) is 9.18 Å². The lowest BCUT2D eigenvalue weighted by Crippen LogP contribution is -2.35. The third-order valence-corrected chi connectivity index (χ3v) is 3.04. The van der Waals surface area contributed by atoms with Gasteiger partial charge in [0.15, 0.2) is 0 Å². The van der Waals surface area contributed by atoms with Gasteiger partial charge in [0.1, 0.15) is 5.82 Å². The molecule has 0 saturated carbocycles. The number of hydrogen-bond donors (Lipinski definition) is 0. The van der Waals surface area contributed by atoms with E-state index in [1.165, 1.54) is 6.07 Å². The zero-order valence-electron chi connectivity index (χ0n) is 11.0. The Morgan fingerprint density at radius 2 is 2.12 bits per heavy atom. The Balaban J connectivity index is 2.92. The van der Waals surface area contributed by atoms with Crippen LogP contribution in [0.3, 0.4) is 0 Å². The molecule has 1 aromatic carbocycles. The molecule has 1 amide bonds. The van der Waals surface area contributed by atoms with Crippen LogP contribution in [0.25, 0.3) is 0 Å². The molecule has 0 radical (unpaired) electrons. The van der Waals surface area contributed by atoms with Crippen molar-refractivity contribution in [2.75, 3.05) is 7.05 Å². The van der Waals surface area contributed by atoms with Gasteiger partial charge in [-0.1, -0.05) is 25.0 Å². The van der Waals surface area contributed by atoms with Crippen LogP contribution in [0.5, 0.6) is 0 Å². The van der Waals surface area contributed by atoms with Crippen LogP contribution >= 0.6 is 0 Å². The van der Waals surface area contributed by atoms with Gasteiger partial charge in [-0.25, -0.2) is 4.39 Å². The second-order valence-corrected chi connectivity index (χ2v) is 4.54. The number of nitrogens with zero attached hydrogens (tertiary/aromatic N) is 1. The molecule has 0 aliphatic rings. The highest BCUT2D eigenvalue weighted by Crippen LogP contribution is 2.15. The van der Waals surface area contributed by atoms with Gasteiger partial charge in [0, 0.05) is 13.1 Å². The minimum Gasteiger partial charge on any atom is -0.339 e. The largest absolute Gasteiger partial charge is 0.339 e. The van der Waals surface area contributed by atoms with Crippen LogP contribution in [-0.2, 0) is 0 Å². The molecule has 17 heavy (non-hydrogen) atoms. The topological polar surface area (TPSA) is 20.3 Å². The van der Waals surface area contributed by atoms with Crippen molar-refractivity contribution in [2.24, 2.45) is 0 Å². The molecule has 0 aromatic heterocycles. The van der Waals surface area contributed by atoms with E-state index in [1.54, 1.807) is 24.1 Å². The molecule has 0 heterocycles. The quantitative estimate of drug-likeness (QED) is 0.786. The summed E-state index contributed by atoms with van der Waals surface area (Å²) in [6.07, 6.45) is 1.94. The van der Waals surface area contributed by atoms with Crippen molar-refractivity contribution >= 4 is 5.91 Å². The summed E-state index contributed by atoms with van der Waals surface area (Å²) >= 11 is 0. The van der Waals surface area contributed by atoms with Gasteiger partial charge in [0.25, 0.3) is 5.91 Å². The Kier molecular flexibility index (Phi) is 4.67. The Labute approximate surface area is 102 Å². The lowest BCUT2D eigenvalue weighted by atomic mass is 10.1. The monoisotopic (exact) mass is 237 g/mol. The standard InChI is InChI=1S/C14H20FNO/c1-5-6-11(3)16(4)14(17)12-9-10(2)7-8-13(12)15/h7-9,11H,5-6H2,1-4H3. The van der Waals surface area contributed by atoms with Crippen molar-refractivity contribution in [1.29, 1.82) is 0 Å². The third kappa shape index (κ3) is 3.29. The van der Waals surface area contributed by atoms with Crippen molar-refractivity contribution in [1.82, 2.24) is 4.90 Å². The second kappa shape index (κ2) is 5.80. The van der Waals surface area contributed by atoms with Crippen LogP contribution in [-0.4, -0.2) is 23.9 Å². The molecular weight excluding hydrogens is 217 g/mol. The average Bonchev–Trinajstić information content (AvgIpc) is 2.30. The molecule has 1 unspecified atom stereocenters. The summed E-state index contributed by atoms with van der Waals surface area (Å²) in [5.41, 5.74) is 1.06. The summed E-state index contributed by atoms with van der Waals surface area (Å²) in [6, 6.07) is 4.75. The van der Waals surface area contributed by atoms with Crippen molar-refractivity contribution in [3.8, 4) is 0 Å². The van der Waals surface area contributed by atoms with Crippen LogP contribution in [0.2, 0.25) is 0 Å². The number of benzene rings is 1. The summed E-state index contributed by atoms with van der Waals surface area (Å²) in [5.74, 6) is -0.691. The van der Waals surface area contributed by atoms with Gasteiger partial charge in [-0.2, -0.15) is 0 Å². The summed E-state index contributed by atoms with van der Waals surface area (Å²) in [4.78, 5) is 13.7. The fourth-order valence-corrected chi connectivity index (χ4v) is 1.80. The fraction of sp³-hybridized carbons (Fsp3) is 0.500. The summed E-state index contributed by atoms with van der Waals surface area (Å²) in [6.45, 7) is 5.91. The maximum Gasteiger partial charge on any atom is 0.256 e. The summed E-state index contributed by atoms with van der Waals surface area (Å²) in [7, 11) is 1.73. The van der Waals surface area contributed by atoms with Gasteiger partial charge in [0.05, 0.1) is 5.56 Å². The van der Waals surface area contributed by atoms with Crippen LogP contribution in [0.4, 0.5) is 4.39 Å². The molecule has 1 atom stereocenters. The van der Waals surface area contributed by atoms with E-state index in [1.807, 2.05) is 13.8 Å². The second-order valence-electron chi connectivity index (χ2n) is 4.54. The van der Waals surface area contributed by atoms with E-state index in [0.29, 0.717) is 0 Å². The van der Waals surface area contributed by atoms with Crippen LogP contribution < -0.4 is 0 Å². The van der Waals surface area contributed by atoms with Crippen molar-refractivity contribution < 1.29 is 9.18 Å². The first-order valence-corrected chi connectivity index (χ1v) is 6.00. The molecule has 2 nitrogen and oxygen atoms in total. The van der Waals surface area contributed by atoms with Crippen LogP contribution in [0.1, 0.15) is 42.6 Å². The number of carbonyl (C=O) groups excluding carboxylic acids is 1. The number of rotatable bonds is 4. The van der Waals surface area contributed by atoms with Crippen LogP contribution in [0.15, 0.2) is 18.2 Å². The highest BCUT2D eigenvalue weighted by molar-refractivity contribution is 5.94. The Morgan fingerprint density at radius 1 is 1.47 bits per heavy atom. The predicted octanol–water partition coefficient (Wildman–Crippen LogP) is 3.39. The number of carbonyl (C=O) groups is 1. The molecule has 0 fully saturated rings. The molecule has 94 valence electrons. The molecule has 0 N–H and O–H groups in total. The van der Waals surface area contributed by atoms with E-state index >= 15 is 0 Å². The zero-order chi connectivity index (χ0) is 13.0. The maximum atomic E-state index is 13.6. The molecule has 0 saturated heterocycles. The van der Waals surface area contributed by atoms with Crippen molar-refractivity contribution in [3.05, 3.63) is 35.1 Å². The van der Waals surface area contributed by atoms with Gasteiger partial charge in [-0.3, -0.25) is 4.79 Å². The molecular formula is C14H20FNO. The number of amides is 1. The predicted molar refractivity (Wildman–Crippen MR) is 67.6 cm³/mol. The van der Waals surface area contributed by atoms with Crippen molar-refractivity contribution in [2.45, 2.75) is 39.7 Å². The smallest absolute Gasteiger partial charge is 0.256 e. The number of hydrogen-bond acceptors (Lipinski definition) is 1. The first-order chi connectivity index (χ1) is 7.97. The Hall–Kier alpha value is -1.38. The molecule has 1 aromatic rings. The molecule has 0 spiro atoms. The lowest BCUT2D eigenvalue weighted by molar-refractivity contribution is 0.0732. The van der Waals surface area contributed by atoms with Gasteiger partial charge in [-0.15, -0.1) is 0 Å². The van der Waals surface area contributed by atoms with Gasteiger partial charge in [0.2, 0.25) is 0 Å². The fourth-order valence-electron chi connectivity index (χ4n) is 1.80. The van der Waals surface area contributed by atoms with Crippen LogP contribution in [0, 0.1) is 12.7 Å². The minimum atomic E-state index is -0.448. The first-order valence-electron chi connectivity index (χ1n) is 6.00. The van der Waals surface area contributed by atoms with E-state index in [4.69, 9.17) is 0 Å². The molecule has 0 aliphatic carbocycles. The number of halogens is 1. The van der Waals surface area contributed by atoms with Gasteiger partial charge in [-0.05, 0) is 32.4 Å². The summed E-state index contributed by atoms with van der Waals surface area (Å²) in [5, 5.41) is 0. The molecule has 0 bridgehead atoms. The zero-order valence-corrected chi connectivity index (χ0v) is 11.0. The third-order valence-electron chi connectivity index (χ3n) is 3.04. The molecule has 3 heteroatoms. The number of aryl methyl sites for hydroxylation is 1. The SMILES string of the molecule is CCCC(C)N(C)C(=O)c1cc(C)ccc1F. The Bertz CT molecular complexity index is 403. The molecule has 0 aliphatic heterocycles. The normalized spacial score (nSPS) is 12.3. The Morgan fingerprint density at radius 3 is 2.71 bits per heavy atom. The minimum absolute atomic E-state index is 0.132. The summed E-state index contributed by atoms with van der Waals surface area (Å²) < 4.78 is 13.6. The lowest BCUT2D eigenvalue weighted by Gasteiger charge is -2.25. The van der Waals surface area contributed by atoms with Gasteiger partial charge < -0.3 is 4.90 Å².